The number of benzene rings is 2. The molecule has 0 saturated heterocycles. The molecule has 128 valence electrons. The first-order chi connectivity index (χ1) is 12.1. The lowest BCUT2D eigenvalue weighted by atomic mass is 9.76. The molecular weight excluding hydrogens is 306 g/mol. The third-order valence-corrected chi connectivity index (χ3v) is 5.63. The molecule has 1 unspecified atom stereocenters. The molecule has 2 aromatic carbocycles. The summed E-state index contributed by atoms with van der Waals surface area (Å²) >= 11 is 0. The SMILES string of the molecule is C=CCCCN1c2ccccc2C(C)(C)C12C=Cc1ccccc1O2. The summed E-state index contributed by atoms with van der Waals surface area (Å²) in [5.74, 6) is 0.958. The number of unbranched alkanes of at least 4 members (excludes halogenated alkanes) is 1. The van der Waals surface area contributed by atoms with Crippen molar-refractivity contribution in [1.82, 2.24) is 0 Å². The van der Waals surface area contributed by atoms with Crippen LogP contribution in [0, 0.1) is 0 Å². The van der Waals surface area contributed by atoms with Crippen molar-refractivity contribution in [2.75, 3.05) is 11.4 Å². The van der Waals surface area contributed by atoms with Crippen LogP contribution in [-0.4, -0.2) is 12.3 Å². The molecule has 2 aliphatic heterocycles. The Kier molecular flexibility index (Phi) is 3.72. The molecule has 2 heterocycles. The van der Waals surface area contributed by atoms with Gasteiger partial charge in [-0.3, -0.25) is 0 Å². The largest absolute Gasteiger partial charge is 0.463 e. The molecule has 1 spiro atoms. The van der Waals surface area contributed by atoms with Crippen LogP contribution in [0.25, 0.3) is 6.08 Å². The number of rotatable bonds is 4. The van der Waals surface area contributed by atoms with Gasteiger partial charge in [0.05, 0.1) is 5.41 Å². The van der Waals surface area contributed by atoms with Crippen LogP contribution in [0.2, 0.25) is 0 Å². The lowest BCUT2D eigenvalue weighted by Gasteiger charge is -2.47. The van der Waals surface area contributed by atoms with Crippen molar-refractivity contribution >= 4 is 11.8 Å². The second-order valence-electron chi connectivity index (χ2n) is 7.39. The van der Waals surface area contributed by atoms with E-state index in [1.54, 1.807) is 0 Å². The van der Waals surface area contributed by atoms with E-state index in [0.29, 0.717) is 0 Å². The summed E-state index contributed by atoms with van der Waals surface area (Å²) in [6.07, 6.45) is 8.53. The number of fused-ring (bicyclic) bond motifs is 2. The van der Waals surface area contributed by atoms with Crippen LogP contribution < -0.4 is 9.64 Å². The number of anilines is 1. The van der Waals surface area contributed by atoms with E-state index in [2.05, 4.69) is 79.9 Å². The number of allylic oxidation sites excluding steroid dienone is 1. The van der Waals surface area contributed by atoms with Gasteiger partial charge < -0.3 is 9.64 Å². The first-order valence-electron chi connectivity index (χ1n) is 9.05. The average molecular weight is 331 g/mol. The fourth-order valence-corrected chi connectivity index (χ4v) is 4.22. The third kappa shape index (κ3) is 2.24. The smallest absolute Gasteiger partial charge is 0.212 e. The van der Waals surface area contributed by atoms with E-state index in [4.69, 9.17) is 4.74 Å². The van der Waals surface area contributed by atoms with Crippen LogP contribution in [0.1, 0.15) is 37.8 Å². The highest BCUT2D eigenvalue weighted by Crippen LogP contribution is 2.54. The first-order valence-corrected chi connectivity index (χ1v) is 9.05. The normalized spacial score (nSPS) is 22.4. The van der Waals surface area contributed by atoms with Crippen LogP contribution in [0.15, 0.2) is 67.3 Å². The monoisotopic (exact) mass is 331 g/mol. The molecule has 2 nitrogen and oxygen atoms in total. The average Bonchev–Trinajstić information content (AvgIpc) is 2.81. The van der Waals surface area contributed by atoms with Crippen molar-refractivity contribution in [1.29, 1.82) is 0 Å². The van der Waals surface area contributed by atoms with Gasteiger partial charge in [-0.2, -0.15) is 0 Å². The van der Waals surface area contributed by atoms with Gasteiger partial charge in [-0.1, -0.05) is 42.5 Å². The van der Waals surface area contributed by atoms with E-state index in [1.165, 1.54) is 11.3 Å². The zero-order valence-corrected chi connectivity index (χ0v) is 15.0. The molecule has 0 fully saturated rings. The highest BCUT2D eigenvalue weighted by Gasteiger charge is 2.58. The first kappa shape index (κ1) is 16.0. The summed E-state index contributed by atoms with van der Waals surface area (Å²) < 4.78 is 6.73. The number of hydrogen-bond donors (Lipinski definition) is 0. The molecule has 2 aromatic rings. The summed E-state index contributed by atoms with van der Waals surface area (Å²) in [5.41, 5.74) is 3.12. The quantitative estimate of drug-likeness (QED) is 0.538. The van der Waals surface area contributed by atoms with Crippen LogP contribution in [0.3, 0.4) is 0 Å². The molecule has 25 heavy (non-hydrogen) atoms. The molecular formula is C23H25NO. The number of ether oxygens (including phenoxy) is 1. The fraction of sp³-hybridized carbons (Fsp3) is 0.304. The van der Waals surface area contributed by atoms with Crippen LogP contribution in [0.4, 0.5) is 5.69 Å². The molecule has 0 aliphatic carbocycles. The van der Waals surface area contributed by atoms with Gasteiger partial charge in [-0.05, 0) is 56.5 Å². The molecule has 0 radical (unpaired) electrons. The summed E-state index contributed by atoms with van der Waals surface area (Å²) in [6, 6.07) is 17.0. The van der Waals surface area contributed by atoms with Crippen molar-refractivity contribution in [2.24, 2.45) is 0 Å². The van der Waals surface area contributed by atoms with Gasteiger partial charge in [0.2, 0.25) is 5.72 Å². The second kappa shape index (κ2) is 5.80. The van der Waals surface area contributed by atoms with Gasteiger partial charge in [-0.25, -0.2) is 0 Å². The molecule has 0 bridgehead atoms. The van der Waals surface area contributed by atoms with Crippen LogP contribution in [-0.2, 0) is 5.41 Å². The Labute approximate surface area is 150 Å². The zero-order chi connectivity index (χ0) is 17.5. The Morgan fingerprint density at radius 1 is 1.08 bits per heavy atom. The molecule has 1 atom stereocenters. The standard InChI is InChI=1S/C23H25NO/c1-4-5-10-17-24-20-13-8-7-12-19(20)22(2,3)23(24)16-15-18-11-6-9-14-21(18)25-23/h4,6-9,11-16H,1,5,10,17H2,2-3H3. The maximum absolute atomic E-state index is 6.73. The van der Waals surface area contributed by atoms with E-state index < -0.39 is 5.72 Å². The number of hydrogen-bond acceptors (Lipinski definition) is 2. The molecule has 0 amide bonds. The Morgan fingerprint density at radius 2 is 1.84 bits per heavy atom. The Balaban J connectivity index is 1.84. The molecule has 0 saturated carbocycles. The molecule has 2 aliphatic rings. The lowest BCUT2D eigenvalue weighted by Crippen LogP contribution is -2.59. The second-order valence-corrected chi connectivity index (χ2v) is 7.39. The third-order valence-electron chi connectivity index (χ3n) is 5.63. The molecule has 0 N–H and O–H groups in total. The summed E-state index contributed by atoms with van der Waals surface area (Å²) in [6.45, 7) is 9.39. The van der Waals surface area contributed by atoms with Crippen molar-refractivity contribution in [2.45, 2.75) is 37.8 Å². The molecule has 2 heteroatoms. The van der Waals surface area contributed by atoms with Crippen molar-refractivity contribution < 1.29 is 4.74 Å². The zero-order valence-electron chi connectivity index (χ0n) is 15.0. The predicted octanol–water partition coefficient (Wildman–Crippen LogP) is 5.55. The summed E-state index contributed by atoms with van der Waals surface area (Å²) in [4.78, 5) is 2.44. The van der Waals surface area contributed by atoms with Crippen molar-refractivity contribution in [3.8, 4) is 5.75 Å². The topological polar surface area (TPSA) is 12.5 Å². The van der Waals surface area contributed by atoms with Gasteiger partial charge in [0.1, 0.15) is 5.75 Å². The van der Waals surface area contributed by atoms with Gasteiger partial charge in [0.15, 0.2) is 0 Å². The van der Waals surface area contributed by atoms with E-state index in [9.17, 15) is 0 Å². The highest BCUT2D eigenvalue weighted by atomic mass is 16.5. The number of para-hydroxylation sites is 2. The molecule has 4 rings (SSSR count). The maximum atomic E-state index is 6.73. The van der Waals surface area contributed by atoms with Crippen molar-refractivity contribution in [3.05, 3.63) is 78.4 Å². The van der Waals surface area contributed by atoms with Gasteiger partial charge in [0, 0.05) is 17.8 Å². The van der Waals surface area contributed by atoms with Crippen LogP contribution >= 0.6 is 0 Å². The van der Waals surface area contributed by atoms with Crippen molar-refractivity contribution in [3.63, 3.8) is 0 Å². The fourth-order valence-electron chi connectivity index (χ4n) is 4.22. The minimum atomic E-state index is -0.494. The van der Waals surface area contributed by atoms with E-state index in [0.717, 1.165) is 30.7 Å². The maximum Gasteiger partial charge on any atom is 0.212 e. The summed E-state index contributed by atoms with van der Waals surface area (Å²) in [7, 11) is 0. The minimum Gasteiger partial charge on any atom is -0.463 e. The van der Waals surface area contributed by atoms with Gasteiger partial charge in [-0.15, -0.1) is 6.58 Å². The Morgan fingerprint density at radius 3 is 2.68 bits per heavy atom. The lowest BCUT2D eigenvalue weighted by molar-refractivity contribution is 0.0533. The Bertz CT molecular complexity index is 835. The Hall–Kier alpha value is -2.48. The van der Waals surface area contributed by atoms with E-state index in [1.807, 2.05) is 12.1 Å². The minimum absolute atomic E-state index is 0.151. The van der Waals surface area contributed by atoms with E-state index >= 15 is 0 Å². The molecule has 0 aromatic heterocycles. The van der Waals surface area contributed by atoms with Gasteiger partial charge in [0.25, 0.3) is 0 Å². The van der Waals surface area contributed by atoms with Crippen LogP contribution in [0.5, 0.6) is 5.75 Å². The highest BCUT2D eigenvalue weighted by molar-refractivity contribution is 5.72. The van der Waals surface area contributed by atoms with Gasteiger partial charge >= 0.3 is 0 Å². The summed E-state index contributed by atoms with van der Waals surface area (Å²) in [5, 5.41) is 0. The number of nitrogens with zero attached hydrogens (tertiary/aromatic N) is 1. The predicted molar refractivity (Wildman–Crippen MR) is 105 cm³/mol. The van der Waals surface area contributed by atoms with E-state index in [-0.39, 0.29) is 5.41 Å².